The molecule has 1 amide bonds. The van der Waals surface area contributed by atoms with E-state index in [0.29, 0.717) is 13.0 Å². The van der Waals surface area contributed by atoms with Crippen molar-refractivity contribution < 1.29 is 9.18 Å². The van der Waals surface area contributed by atoms with Crippen molar-refractivity contribution >= 4 is 17.7 Å². The fourth-order valence-corrected chi connectivity index (χ4v) is 6.33. The lowest BCUT2D eigenvalue weighted by molar-refractivity contribution is -0.124. The number of rotatable bonds is 8. The SMILES string of the molecule is Cc1cc(/C=C/CCN(C)C2CCCCC2)cc(C)c1N1C[C@@H](Cc2ccccc2F)C[C@@H](C)C1=O. The van der Waals surface area contributed by atoms with Gasteiger partial charge in [-0.05, 0) is 99.4 Å². The van der Waals surface area contributed by atoms with Crippen LogP contribution in [0.15, 0.2) is 42.5 Å². The molecule has 194 valence electrons. The minimum absolute atomic E-state index is 0.0601. The van der Waals surface area contributed by atoms with E-state index in [1.165, 1.54) is 43.7 Å². The van der Waals surface area contributed by atoms with Gasteiger partial charge in [0, 0.05) is 30.7 Å². The van der Waals surface area contributed by atoms with Crippen LogP contribution in [0.5, 0.6) is 0 Å². The van der Waals surface area contributed by atoms with Crippen molar-refractivity contribution in [3.05, 3.63) is 70.5 Å². The standard InChI is InChI=1S/C32H43FN2O/c1-23-18-26(12-10-11-17-34(4)29-14-6-5-7-15-29)19-24(2)31(23)35-22-27(20-25(3)32(35)36)21-28-13-8-9-16-30(28)33/h8-10,12-13,16,18-19,25,27,29H,5-7,11,14-15,17,20-22H2,1-4H3/b12-10+/t25-,27-/m1/s1. The lowest BCUT2D eigenvalue weighted by Crippen LogP contribution is -2.46. The second-order valence-corrected chi connectivity index (χ2v) is 11.2. The van der Waals surface area contributed by atoms with E-state index >= 15 is 0 Å². The number of anilines is 1. The average molecular weight is 491 g/mol. The molecule has 4 heteroatoms. The van der Waals surface area contributed by atoms with Crippen molar-refractivity contribution in [3.63, 3.8) is 0 Å². The summed E-state index contributed by atoms with van der Waals surface area (Å²) < 4.78 is 14.3. The maximum atomic E-state index is 14.3. The van der Waals surface area contributed by atoms with E-state index in [1.54, 1.807) is 6.07 Å². The molecule has 1 aliphatic heterocycles. The third kappa shape index (κ3) is 6.45. The number of amides is 1. The molecule has 1 saturated carbocycles. The molecule has 3 nitrogen and oxygen atoms in total. The Morgan fingerprint density at radius 2 is 1.78 bits per heavy atom. The van der Waals surface area contributed by atoms with Crippen LogP contribution in [0.25, 0.3) is 6.08 Å². The van der Waals surface area contributed by atoms with Crippen molar-refractivity contribution in [1.82, 2.24) is 4.90 Å². The van der Waals surface area contributed by atoms with E-state index in [4.69, 9.17) is 0 Å². The van der Waals surface area contributed by atoms with Gasteiger partial charge in [0.1, 0.15) is 5.82 Å². The maximum Gasteiger partial charge on any atom is 0.229 e. The van der Waals surface area contributed by atoms with Crippen molar-refractivity contribution in [2.24, 2.45) is 11.8 Å². The molecular formula is C32H43FN2O. The molecule has 2 aromatic rings. The normalized spacial score (nSPS) is 21.6. The molecule has 0 N–H and O–H groups in total. The Kier molecular flexibility index (Phi) is 9.00. The van der Waals surface area contributed by atoms with Gasteiger partial charge >= 0.3 is 0 Å². The maximum absolute atomic E-state index is 14.3. The lowest BCUT2D eigenvalue weighted by Gasteiger charge is -2.38. The predicted molar refractivity (Wildman–Crippen MR) is 149 cm³/mol. The zero-order valence-corrected chi connectivity index (χ0v) is 22.6. The van der Waals surface area contributed by atoms with Gasteiger partial charge in [-0.15, -0.1) is 0 Å². The van der Waals surface area contributed by atoms with E-state index in [9.17, 15) is 9.18 Å². The molecule has 2 fully saturated rings. The highest BCUT2D eigenvalue weighted by Gasteiger charge is 2.34. The number of aryl methyl sites for hydroxylation is 2. The van der Waals surface area contributed by atoms with Crippen molar-refractivity contribution in [2.75, 3.05) is 25.0 Å². The second-order valence-electron chi connectivity index (χ2n) is 11.2. The minimum Gasteiger partial charge on any atom is -0.311 e. The van der Waals surface area contributed by atoms with Gasteiger partial charge in [-0.25, -0.2) is 4.39 Å². The molecule has 0 bridgehead atoms. The number of carbonyl (C=O) groups excluding carboxylic acids is 1. The molecule has 1 saturated heterocycles. The summed E-state index contributed by atoms with van der Waals surface area (Å²) in [5.41, 5.74) is 5.21. The number of carbonyl (C=O) groups is 1. The smallest absolute Gasteiger partial charge is 0.229 e. The van der Waals surface area contributed by atoms with Gasteiger partial charge in [0.2, 0.25) is 5.91 Å². The summed E-state index contributed by atoms with van der Waals surface area (Å²) >= 11 is 0. The number of hydrogen-bond donors (Lipinski definition) is 0. The zero-order valence-electron chi connectivity index (χ0n) is 22.6. The summed E-state index contributed by atoms with van der Waals surface area (Å²) in [7, 11) is 2.27. The number of piperidine rings is 1. The molecule has 4 rings (SSSR count). The fraction of sp³-hybridized carbons (Fsp3) is 0.531. The Labute approximate surface area is 217 Å². The van der Waals surface area contributed by atoms with Gasteiger partial charge in [0.25, 0.3) is 0 Å². The monoisotopic (exact) mass is 490 g/mol. The van der Waals surface area contributed by atoms with Crippen LogP contribution in [0.4, 0.5) is 10.1 Å². The summed E-state index contributed by atoms with van der Waals surface area (Å²) in [5.74, 6) is 0.214. The minimum atomic E-state index is -0.151. The van der Waals surface area contributed by atoms with Crippen molar-refractivity contribution in [1.29, 1.82) is 0 Å². The van der Waals surface area contributed by atoms with Crippen LogP contribution in [-0.4, -0.2) is 37.0 Å². The Morgan fingerprint density at radius 3 is 2.47 bits per heavy atom. The second kappa shape index (κ2) is 12.2. The Balaban J connectivity index is 1.42. The zero-order chi connectivity index (χ0) is 25.7. The van der Waals surface area contributed by atoms with Gasteiger partial charge < -0.3 is 9.80 Å². The molecule has 0 radical (unpaired) electrons. The summed E-state index contributed by atoms with van der Waals surface area (Å²) in [6, 6.07) is 12.2. The largest absolute Gasteiger partial charge is 0.311 e. The molecule has 0 spiro atoms. The molecule has 2 atom stereocenters. The van der Waals surface area contributed by atoms with Gasteiger partial charge in [-0.3, -0.25) is 4.79 Å². The van der Waals surface area contributed by atoms with Crippen LogP contribution in [0, 0.1) is 31.5 Å². The van der Waals surface area contributed by atoms with Crippen molar-refractivity contribution in [3.8, 4) is 0 Å². The first-order valence-electron chi connectivity index (χ1n) is 13.9. The van der Waals surface area contributed by atoms with Gasteiger partial charge in [0.15, 0.2) is 0 Å². The van der Waals surface area contributed by atoms with Crippen LogP contribution in [0.1, 0.15) is 74.1 Å². The first-order valence-corrected chi connectivity index (χ1v) is 13.9. The van der Waals surface area contributed by atoms with Gasteiger partial charge in [-0.1, -0.05) is 56.5 Å². The summed E-state index contributed by atoms with van der Waals surface area (Å²) in [5, 5.41) is 0. The summed E-state index contributed by atoms with van der Waals surface area (Å²) in [6.45, 7) is 7.96. The van der Waals surface area contributed by atoms with Crippen LogP contribution < -0.4 is 4.90 Å². The van der Waals surface area contributed by atoms with E-state index in [2.05, 4.69) is 50.1 Å². The Hall–Kier alpha value is -2.46. The Bertz CT molecular complexity index is 1050. The number of benzene rings is 2. The first kappa shape index (κ1) is 26.6. The molecular weight excluding hydrogens is 447 g/mol. The van der Waals surface area contributed by atoms with E-state index in [1.807, 2.05) is 24.0 Å². The quantitative estimate of drug-likeness (QED) is 0.386. The van der Waals surface area contributed by atoms with E-state index in [0.717, 1.165) is 47.8 Å². The molecule has 2 aliphatic rings. The highest BCUT2D eigenvalue weighted by Crippen LogP contribution is 2.34. The van der Waals surface area contributed by atoms with Gasteiger partial charge in [0.05, 0.1) is 0 Å². The number of halogens is 1. The van der Waals surface area contributed by atoms with E-state index in [-0.39, 0.29) is 23.6 Å². The van der Waals surface area contributed by atoms with Crippen LogP contribution in [0.2, 0.25) is 0 Å². The summed E-state index contributed by atoms with van der Waals surface area (Å²) in [4.78, 5) is 17.7. The van der Waals surface area contributed by atoms with Crippen LogP contribution in [0.3, 0.4) is 0 Å². The fourth-order valence-electron chi connectivity index (χ4n) is 6.33. The average Bonchev–Trinajstić information content (AvgIpc) is 2.86. The molecule has 1 heterocycles. The lowest BCUT2D eigenvalue weighted by atomic mass is 9.84. The molecule has 0 unspecified atom stereocenters. The molecule has 2 aromatic carbocycles. The summed E-state index contributed by atoms with van der Waals surface area (Å²) in [6.07, 6.45) is 13.8. The third-order valence-electron chi connectivity index (χ3n) is 8.22. The first-order chi connectivity index (χ1) is 17.3. The van der Waals surface area contributed by atoms with Crippen LogP contribution >= 0.6 is 0 Å². The predicted octanol–water partition coefficient (Wildman–Crippen LogP) is 7.34. The molecule has 1 aliphatic carbocycles. The van der Waals surface area contributed by atoms with E-state index < -0.39 is 0 Å². The number of nitrogens with zero attached hydrogens (tertiary/aromatic N) is 2. The molecule has 36 heavy (non-hydrogen) atoms. The highest BCUT2D eigenvalue weighted by atomic mass is 19.1. The number of hydrogen-bond acceptors (Lipinski definition) is 2. The van der Waals surface area contributed by atoms with Gasteiger partial charge in [-0.2, -0.15) is 0 Å². The highest BCUT2D eigenvalue weighted by molar-refractivity contribution is 5.97. The van der Waals surface area contributed by atoms with Crippen molar-refractivity contribution in [2.45, 2.75) is 78.2 Å². The third-order valence-corrected chi connectivity index (χ3v) is 8.22. The Morgan fingerprint density at radius 1 is 1.08 bits per heavy atom. The topological polar surface area (TPSA) is 23.6 Å². The molecule has 0 aromatic heterocycles. The van der Waals surface area contributed by atoms with Crippen LogP contribution in [-0.2, 0) is 11.2 Å².